The molecule has 0 saturated carbocycles. The van der Waals surface area contributed by atoms with Crippen LogP contribution in [0, 0.1) is 0 Å². The summed E-state index contributed by atoms with van der Waals surface area (Å²) in [5.74, 6) is -1.68. The van der Waals surface area contributed by atoms with E-state index >= 15 is 0 Å². The third-order valence-corrected chi connectivity index (χ3v) is 2.15. The number of carboxylic acids is 1. The summed E-state index contributed by atoms with van der Waals surface area (Å²) in [5.41, 5.74) is 0.568. The molecular weight excluding hydrogens is 250 g/mol. The molecule has 0 heterocycles. The van der Waals surface area contributed by atoms with E-state index in [0.29, 0.717) is 5.69 Å². The first-order chi connectivity index (χ1) is 6.59. The lowest BCUT2D eigenvalue weighted by Crippen LogP contribution is -2.16. The number of carbonyl (C=O) groups excluding carboxylic acids is 1. The van der Waals surface area contributed by atoms with E-state index in [1.54, 1.807) is 24.3 Å². The summed E-state index contributed by atoms with van der Waals surface area (Å²) in [5, 5.41) is 10.8. The number of hydrogen-bond donors (Lipinski definition) is 2. The molecule has 1 aromatic rings. The van der Waals surface area contributed by atoms with Gasteiger partial charge in [-0.3, -0.25) is 9.59 Å². The van der Waals surface area contributed by atoms with Crippen molar-refractivity contribution in [2.45, 2.75) is 6.42 Å². The van der Waals surface area contributed by atoms with Gasteiger partial charge in [-0.25, -0.2) is 0 Å². The zero-order valence-electron chi connectivity index (χ0n) is 7.16. The van der Waals surface area contributed by atoms with Crippen molar-refractivity contribution in [2.24, 2.45) is 0 Å². The number of anilines is 1. The molecule has 0 aliphatic carbocycles. The molecule has 1 rings (SSSR count). The van der Waals surface area contributed by atoms with Crippen LogP contribution < -0.4 is 5.32 Å². The number of aliphatic carboxylic acids is 1. The molecule has 0 aliphatic rings. The second-order valence-corrected chi connectivity index (χ2v) is 3.45. The average Bonchev–Trinajstić information content (AvgIpc) is 2.07. The maximum atomic E-state index is 11.1. The van der Waals surface area contributed by atoms with Crippen molar-refractivity contribution in [3.8, 4) is 0 Å². The second kappa shape index (κ2) is 4.76. The maximum Gasteiger partial charge on any atom is 0.312 e. The standard InChI is InChI=1S/C9H8BrNO3/c10-6-3-1-2-4-7(6)11-8(12)5-9(13)14/h1-4H,5H2,(H,11,12)(H,13,14). The van der Waals surface area contributed by atoms with Gasteiger partial charge in [0.25, 0.3) is 0 Å². The molecule has 4 nitrogen and oxygen atoms in total. The Labute approximate surface area is 89.1 Å². The Hall–Kier alpha value is -1.36. The Morgan fingerprint density at radius 3 is 2.57 bits per heavy atom. The van der Waals surface area contributed by atoms with Crippen molar-refractivity contribution in [2.75, 3.05) is 5.32 Å². The van der Waals surface area contributed by atoms with E-state index in [4.69, 9.17) is 5.11 Å². The van der Waals surface area contributed by atoms with Crippen LogP contribution in [0.1, 0.15) is 6.42 Å². The highest BCUT2D eigenvalue weighted by Gasteiger charge is 2.08. The fraction of sp³-hybridized carbons (Fsp3) is 0.111. The number of nitrogens with one attached hydrogen (secondary N) is 1. The molecule has 0 atom stereocenters. The first-order valence-corrected chi connectivity index (χ1v) is 4.65. The van der Waals surface area contributed by atoms with Gasteiger partial charge in [0.1, 0.15) is 6.42 Å². The van der Waals surface area contributed by atoms with E-state index in [1.807, 2.05) is 0 Å². The summed E-state index contributed by atoms with van der Waals surface area (Å²) in [6.07, 6.45) is -0.526. The molecule has 0 bridgehead atoms. The molecule has 1 aromatic carbocycles. The van der Waals surface area contributed by atoms with Crippen LogP contribution in [0.4, 0.5) is 5.69 Å². The lowest BCUT2D eigenvalue weighted by Gasteiger charge is -2.04. The minimum atomic E-state index is -1.14. The molecule has 0 unspecified atom stereocenters. The van der Waals surface area contributed by atoms with E-state index in [0.717, 1.165) is 4.47 Å². The Morgan fingerprint density at radius 2 is 2.00 bits per heavy atom. The topological polar surface area (TPSA) is 66.4 Å². The second-order valence-electron chi connectivity index (χ2n) is 2.60. The Morgan fingerprint density at radius 1 is 1.36 bits per heavy atom. The van der Waals surface area contributed by atoms with Gasteiger partial charge < -0.3 is 10.4 Å². The smallest absolute Gasteiger partial charge is 0.312 e. The molecule has 0 radical (unpaired) electrons. The van der Waals surface area contributed by atoms with Crippen molar-refractivity contribution < 1.29 is 14.7 Å². The predicted octanol–water partition coefficient (Wildman–Crippen LogP) is 1.86. The first-order valence-electron chi connectivity index (χ1n) is 3.86. The van der Waals surface area contributed by atoms with Crippen molar-refractivity contribution in [3.63, 3.8) is 0 Å². The van der Waals surface area contributed by atoms with E-state index in [9.17, 15) is 9.59 Å². The minimum Gasteiger partial charge on any atom is -0.481 e. The molecule has 74 valence electrons. The molecule has 0 spiro atoms. The lowest BCUT2D eigenvalue weighted by molar-refractivity contribution is -0.139. The van der Waals surface area contributed by atoms with Crippen LogP contribution >= 0.6 is 15.9 Å². The quantitative estimate of drug-likeness (QED) is 0.813. The van der Waals surface area contributed by atoms with Crippen LogP contribution in [0.2, 0.25) is 0 Å². The SMILES string of the molecule is O=C(O)CC(=O)Nc1ccccc1Br. The fourth-order valence-electron chi connectivity index (χ4n) is 0.894. The highest BCUT2D eigenvalue weighted by atomic mass is 79.9. The Bertz CT molecular complexity index is 365. The molecule has 1 amide bonds. The summed E-state index contributed by atoms with van der Waals surface area (Å²) in [7, 11) is 0. The molecule has 2 N–H and O–H groups in total. The van der Waals surface area contributed by atoms with Crippen LogP contribution in [-0.2, 0) is 9.59 Å². The van der Waals surface area contributed by atoms with Crippen LogP contribution in [0.25, 0.3) is 0 Å². The third kappa shape index (κ3) is 3.18. The lowest BCUT2D eigenvalue weighted by atomic mass is 10.3. The number of carboxylic acid groups (broad SMARTS) is 1. The van der Waals surface area contributed by atoms with E-state index in [1.165, 1.54) is 0 Å². The van der Waals surface area contributed by atoms with Gasteiger partial charge in [-0.15, -0.1) is 0 Å². The number of carbonyl (C=O) groups is 2. The minimum absolute atomic E-state index is 0.526. The fourth-order valence-corrected chi connectivity index (χ4v) is 1.28. The van der Waals surface area contributed by atoms with Gasteiger partial charge in [-0.05, 0) is 28.1 Å². The van der Waals surface area contributed by atoms with Gasteiger partial charge in [0, 0.05) is 4.47 Å². The molecule has 0 saturated heterocycles. The van der Waals surface area contributed by atoms with E-state index in [2.05, 4.69) is 21.2 Å². The summed E-state index contributed by atoms with van der Waals surface area (Å²) < 4.78 is 0.721. The summed E-state index contributed by atoms with van der Waals surface area (Å²) in [4.78, 5) is 21.3. The van der Waals surface area contributed by atoms with Crippen LogP contribution in [0.5, 0.6) is 0 Å². The van der Waals surface area contributed by atoms with Gasteiger partial charge in [0.15, 0.2) is 0 Å². The normalized spacial score (nSPS) is 9.50. The summed E-state index contributed by atoms with van der Waals surface area (Å²) >= 11 is 3.23. The number of amides is 1. The number of hydrogen-bond acceptors (Lipinski definition) is 2. The third-order valence-electron chi connectivity index (χ3n) is 1.46. The van der Waals surface area contributed by atoms with E-state index < -0.39 is 18.3 Å². The number of benzene rings is 1. The molecule has 0 fully saturated rings. The summed E-state index contributed by atoms with van der Waals surface area (Å²) in [6.45, 7) is 0. The largest absolute Gasteiger partial charge is 0.481 e. The summed E-state index contributed by atoms with van der Waals surface area (Å²) in [6, 6.07) is 7.00. The molecule has 0 aromatic heterocycles. The van der Waals surface area contributed by atoms with Gasteiger partial charge in [0.2, 0.25) is 5.91 Å². The molecular formula is C9H8BrNO3. The van der Waals surface area contributed by atoms with Crippen molar-refractivity contribution in [1.29, 1.82) is 0 Å². The zero-order chi connectivity index (χ0) is 10.6. The Kier molecular flexibility index (Phi) is 3.64. The Balaban J connectivity index is 2.65. The first kappa shape index (κ1) is 10.7. The van der Waals surface area contributed by atoms with Gasteiger partial charge in [-0.1, -0.05) is 12.1 Å². The van der Waals surface area contributed by atoms with Crippen LogP contribution in [-0.4, -0.2) is 17.0 Å². The van der Waals surface area contributed by atoms with Gasteiger partial charge in [-0.2, -0.15) is 0 Å². The number of rotatable bonds is 3. The van der Waals surface area contributed by atoms with Crippen molar-refractivity contribution >= 4 is 33.5 Å². The molecule has 14 heavy (non-hydrogen) atoms. The van der Waals surface area contributed by atoms with Crippen molar-refractivity contribution in [1.82, 2.24) is 0 Å². The zero-order valence-corrected chi connectivity index (χ0v) is 8.74. The average molecular weight is 258 g/mol. The number of halogens is 1. The van der Waals surface area contributed by atoms with Crippen molar-refractivity contribution in [3.05, 3.63) is 28.7 Å². The van der Waals surface area contributed by atoms with Gasteiger partial charge >= 0.3 is 5.97 Å². The highest BCUT2D eigenvalue weighted by Crippen LogP contribution is 2.21. The predicted molar refractivity (Wildman–Crippen MR) is 55.0 cm³/mol. The molecule has 5 heteroatoms. The van der Waals surface area contributed by atoms with Crippen LogP contribution in [0.3, 0.4) is 0 Å². The van der Waals surface area contributed by atoms with E-state index in [-0.39, 0.29) is 0 Å². The maximum absolute atomic E-state index is 11.1. The monoisotopic (exact) mass is 257 g/mol. The highest BCUT2D eigenvalue weighted by molar-refractivity contribution is 9.10. The molecule has 0 aliphatic heterocycles. The number of para-hydroxylation sites is 1. The van der Waals surface area contributed by atoms with Gasteiger partial charge in [0.05, 0.1) is 5.69 Å². The van der Waals surface area contributed by atoms with Crippen LogP contribution in [0.15, 0.2) is 28.7 Å².